The average Bonchev–Trinajstić information content (AvgIpc) is 3.01. The van der Waals surface area contributed by atoms with Crippen LogP contribution in [0.25, 0.3) is 11.0 Å². The molecule has 1 aromatic carbocycles. The molecule has 2 N–H and O–H groups in total. The number of nitrogens with one attached hydrogen (secondary N) is 2. The van der Waals surface area contributed by atoms with E-state index in [1.165, 1.54) is 24.5 Å². The van der Waals surface area contributed by atoms with Crippen molar-refractivity contribution in [3.05, 3.63) is 59.4 Å². The van der Waals surface area contributed by atoms with Crippen LogP contribution in [0.5, 0.6) is 0 Å². The lowest BCUT2D eigenvalue weighted by Crippen LogP contribution is -2.22. The van der Waals surface area contributed by atoms with Crippen molar-refractivity contribution in [2.24, 2.45) is 0 Å². The van der Waals surface area contributed by atoms with Crippen molar-refractivity contribution < 1.29 is 26.8 Å². The lowest BCUT2D eigenvalue weighted by molar-refractivity contribution is -0.115. The molecule has 0 radical (unpaired) electrons. The van der Waals surface area contributed by atoms with Crippen LogP contribution in [-0.4, -0.2) is 29.7 Å². The average molecular weight is 365 g/mol. The number of carbonyl (C=O) groups is 1. The van der Waals surface area contributed by atoms with Crippen molar-refractivity contribution in [1.82, 2.24) is 4.98 Å². The first-order valence-corrected chi connectivity index (χ1v) is 7.30. The summed E-state index contributed by atoms with van der Waals surface area (Å²) in [4.78, 5) is 14.7. The zero-order valence-corrected chi connectivity index (χ0v) is 13.0. The van der Waals surface area contributed by atoms with Crippen LogP contribution in [0.15, 0.2) is 41.1 Å². The highest BCUT2D eigenvalue weighted by Crippen LogP contribution is 2.27. The molecule has 0 atom stereocenters. The topological polar surface area (TPSA) is 79.0 Å². The fourth-order valence-corrected chi connectivity index (χ4v) is 2.42. The van der Waals surface area contributed by atoms with Crippen molar-refractivity contribution in [2.75, 3.05) is 11.9 Å². The summed E-state index contributed by atoms with van der Waals surface area (Å²) in [5, 5.41) is 10.8. The van der Waals surface area contributed by atoms with Crippen LogP contribution in [0.1, 0.15) is 21.6 Å². The van der Waals surface area contributed by atoms with E-state index in [0.29, 0.717) is 17.3 Å². The van der Waals surface area contributed by atoms with E-state index in [1.54, 1.807) is 0 Å². The molecule has 9 heteroatoms. The van der Waals surface area contributed by atoms with E-state index in [2.05, 4.69) is 10.3 Å². The summed E-state index contributed by atoms with van der Waals surface area (Å²) in [6, 6.07) is 4.86. The number of halogens is 4. The summed E-state index contributed by atoms with van der Waals surface area (Å²) in [6.07, 6.45) is -1.78. The highest BCUT2D eigenvalue weighted by molar-refractivity contribution is 6.19. The third-order valence-electron chi connectivity index (χ3n) is 3.60. The van der Waals surface area contributed by atoms with Gasteiger partial charge in [-0.05, 0) is 24.3 Å². The van der Waals surface area contributed by atoms with Crippen LogP contribution in [0, 0.1) is 11.2 Å². The van der Waals surface area contributed by atoms with E-state index in [1.807, 2.05) is 0 Å². The summed E-state index contributed by atoms with van der Waals surface area (Å²) in [6.45, 7) is -1.35. The van der Waals surface area contributed by atoms with Crippen LogP contribution in [0.3, 0.4) is 0 Å². The Kier molecular flexibility index (Phi) is 4.45. The molecular weight excluding hydrogens is 354 g/mol. The number of aldehydes is 1. The summed E-state index contributed by atoms with van der Waals surface area (Å²) in [5.74, 6) is -0.544. The Morgan fingerprint density at radius 3 is 2.73 bits per heavy atom. The standard InChI is InChI=1S/C17H11F4N3O2/c18-9-1-2-15-11(3-9)13(7-26-15)16(22)12-5-23-10(6-25)4-14(12)24-8-17(19,20)21/h1-7,22H,8H2,(H,23,24). The number of carbonyl (C=O) groups excluding carboxylic acids is 1. The molecule has 0 saturated heterocycles. The number of pyridine rings is 1. The number of aromatic nitrogens is 1. The predicted molar refractivity (Wildman–Crippen MR) is 86.3 cm³/mol. The molecule has 3 aromatic rings. The Bertz CT molecular complexity index is 995. The van der Waals surface area contributed by atoms with E-state index in [9.17, 15) is 22.4 Å². The third-order valence-corrected chi connectivity index (χ3v) is 3.60. The Balaban J connectivity index is 2.05. The van der Waals surface area contributed by atoms with Crippen LogP contribution >= 0.6 is 0 Å². The van der Waals surface area contributed by atoms with E-state index < -0.39 is 18.5 Å². The molecule has 0 saturated carbocycles. The maximum Gasteiger partial charge on any atom is 0.405 e. The Morgan fingerprint density at radius 2 is 2.04 bits per heavy atom. The largest absolute Gasteiger partial charge is 0.464 e. The molecule has 0 fully saturated rings. The summed E-state index contributed by atoms with van der Waals surface area (Å²) < 4.78 is 56.3. The Labute approximate surface area is 144 Å². The van der Waals surface area contributed by atoms with E-state index in [-0.39, 0.29) is 28.2 Å². The van der Waals surface area contributed by atoms with Crippen LogP contribution in [0.2, 0.25) is 0 Å². The van der Waals surface area contributed by atoms with Gasteiger partial charge in [0.1, 0.15) is 29.9 Å². The van der Waals surface area contributed by atoms with Gasteiger partial charge in [0.25, 0.3) is 0 Å². The minimum Gasteiger partial charge on any atom is -0.464 e. The van der Waals surface area contributed by atoms with Crippen molar-refractivity contribution in [1.29, 1.82) is 5.41 Å². The summed E-state index contributed by atoms with van der Waals surface area (Å²) in [5.41, 5.74) is 0.143. The number of fused-ring (bicyclic) bond motifs is 1. The molecule has 26 heavy (non-hydrogen) atoms. The molecule has 0 aliphatic rings. The lowest BCUT2D eigenvalue weighted by Gasteiger charge is -2.14. The number of anilines is 1. The van der Waals surface area contributed by atoms with Gasteiger partial charge in [-0.1, -0.05) is 0 Å². The van der Waals surface area contributed by atoms with Gasteiger partial charge in [0.2, 0.25) is 0 Å². The van der Waals surface area contributed by atoms with Crippen molar-refractivity contribution in [3.63, 3.8) is 0 Å². The molecule has 2 aromatic heterocycles. The van der Waals surface area contributed by atoms with Gasteiger partial charge in [0, 0.05) is 28.4 Å². The SMILES string of the molecule is N=C(c1cnc(C=O)cc1NCC(F)(F)F)c1coc2ccc(F)cc12. The smallest absolute Gasteiger partial charge is 0.405 e. The monoisotopic (exact) mass is 365 g/mol. The highest BCUT2D eigenvalue weighted by atomic mass is 19.4. The zero-order chi connectivity index (χ0) is 18.9. The molecular formula is C17H11F4N3O2. The number of alkyl halides is 3. The van der Waals surface area contributed by atoms with Gasteiger partial charge in [-0.25, -0.2) is 4.39 Å². The van der Waals surface area contributed by atoms with Crippen LogP contribution in [-0.2, 0) is 0 Å². The molecule has 0 aliphatic carbocycles. The second-order valence-electron chi connectivity index (χ2n) is 5.41. The fraction of sp³-hybridized carbons (Fsp3) is 0.118. The van der Waals surface area contributed by atoms with E-state index in [0.717, 1.165) is 12.3 Å². The highest BCUT2D eigenvalue weighted by Gasteiger charge is 2.27. The second-order valence-corrected chi connectivity index (χ2v) is 5.41. The Hall–Kier alpha value is -3.23. The van der Waals surface area contributed by atoms with Gasteiger partial charge in [-0.3, -0.25) is 15.2 Å². The molecule has 134 valence electrons. The van der Waals surface area contributed by atoms with Gasteiger partial charge in [0.15, 0.2) is 6.29 Å². The van der Waals surface area contributed by atoms with Gasteiger partial charge in [-0.15, -0.1) is 0 Å². The minimum absolute atomic E-state index is 0.0202. The number of hydrogen-bond acceptors (Lipinski definition) is 5. The third kappa shape index (κ3) is 3.56. The minimum atomic E-state index is -4.49. The zero-order valence-electron chi connectivity index (χ0n) is 13.0. The van der Waals surface area contributed by atoms with Gasteiger partial charge < -0.3 is 9.73 Å². The molecule has 3 rings (SSSR count). The maximum atomic E-state index is 13.5. The first kappa shape index (κ1) is 17.6. The quantitative estimate of drug-likeness (QED) is 0.404. The molecule has 0 spiro atoms. The lowest BCUT2D eigenvalue weighted by atomic mass is 10.0. The maximum absolute atomic E-state index is 13.5. The first-order valence-electron chi connectivity index (χ1n) is 7.30. The number of nitrogens with zero attached hydrogens (tertiary/aromatic N) is 1. The first-order chi connectivity index (χ1) is 12.3. The normalized spacial score (nSPS) is 11.5. The summed E-state index contributed by atoms with van der Waals surface area (Å²) in [7, 11) is 0. The van der Waals surface area contributed by atoms with Gasteiger partial charge in [-0.2, -0.15) is 13.2 Å². The van der Waals surface area contributed by atoms with Gasteiger partial charge >= 0.3 is 6.18 Å². The predicted octanol–water partition coefficient (Wildman–Crippen LogP) is 4.17. The summed E-state index contributed by atoms with van der Waals surface area (Å²) >= 11 is 0. The molecule has 2 heterocycles. The van der Waals surface area contributed by atoms with Crippen LogP contribution < -0.4 is 5.32 Å². The number of rotatable bonds is 5. The second kappa shape index (κ2) is 6.58. The van der Waals surface area contributed by atoms with E-state index >= 15 is 0 Å². The molecule has 0 bridgehead atoms. The van der Waals surface area contributed by atoms with Crippen molar-refractivity contribution in [2.45, 2.75) is 6.18 Å². The molecule has 0 aliphatic heterocycles. The number of furan rings is 1. The van der Waals surface area contributed by atoms with Crippen LogP contribution in [0.4, 0.5) is 23.2 Å². The molecule has 0 amide bonds. The van der Waals surface area contributed by atoms with E-state index in [4.69, 9.17) is 9.83 Å². The number of benzene rings is 1. The molecule has 0 unspecified atom stereocenters. The van der Waals surface area contributed by atoms with Gasteiger partial charge in [0.05, 0.1) is 5.71 Å². The fourth-order valence-electron chi connectivity index (χ4n) is 2.42. The molecule has 5 nitrogen and oxygen atoms in total. The number of hydrogen-bond donors (Lipinski definition) is 2. The van der Waals surface area contributed by atoms with Crippen molar-refractivity contribution in [3.8, 4) is 0 Å². The van der Waals surface area contributed by atoms with Crippen molar-refractivity contribution >= 4 is 28.7 Å². The Morgan fingerprint density at radius 1 is 1.27 bits per heavy atom.